The van der Waals surface area contributed by atoms with Crippen LogP contribution in [0.15, 0.2) is 18.2 Å². The molecule has 6 heteroatoms. The first-order valence-corrected chi connectivity index (χ1v) is 4.80. The molecule has 1 amide bonds. The lowest BCUT2D eigenvalue weighted by atomic mass is 10.1. The Kier molecular flexibility index (Phi) is 3.80. The van der Waals surface area contributed by atoms with Gasteiger partial charge >= 0.3 is 6.18 Å². The smallest absolute Gasteiger partial charge is 0.352 e. The molecule has 0 aliphatic heterocycles. The predicted octanol–water partition coefficient (Wildman–Crippen LogP) is 3.17. The van der Waals surface area contributed by atoms with Crippen molar-refractivity contribution in [3.05, 3.63) is 34.3 Å². The maximum atomic E-state index is 12.3. The molecule has 0 aliphatic carbocycles. The van der Waals surface area contributed by atoms with Crippen molar-refractivity contribution in [3.63, 3.8) is 0 Å². The van der Waals surface area contributed by atoms with Gasteiger partial charge in [-0.15, -0.1) is 0 Å². The number of amides is 1. The summed E-state index contributed by atoms with van der Waals surface area (Å²) in [5, 5.41) is 2.40. The molecule has 1 rings (SSSR count). The highest BCUT2D eigenvalue weighted by Gasteiger charge is 2.31. The van der Waals surface area contributed by atoms with Gasteiger partial charge in [0.1, 0.15) is 0 Å². The fraction of sp³-hybridized carbons (Fsp3) is 0.300. The highest BCUT2D eigenvalue weighted by atomic mass is 35.5. The molecule has 0 saturated heterocycles. The molecule has 1 atom stereocenters. The van der Waals surface area contributed by atoms with Crippen molar-refractivity contribution < 1.29 is 18.0 Å². The normalized spacial score (nSPS) is 13.3. The van der Waals surface area contributed by atoms with Crippen LogP contribution in [-0.4, -0.2) is 6.41 Å². The minimum atomic E-state index is -4.41. The number of halogens is 4. The van der Waals surface area contributed by atoms with Gasteiger partial charge in [-0.3, -0.25) is 4.79 Å². The van der Waals surface area contributed by atoms with Gasteiger partial charge in [0.2, 0.25) is 6.41 Å². The number of benzene rings is 1. The second-order valence-electron chi connectivity index (χ2n) is 3.24. The molecule has 0 radical (unpaired) electrons. The summed E-state index contributed by atoms with van der Waals surface area (Å²) in [5.74, 6) is 0. The zero-order chi connectivity index (χ0) is 12.3. The summed E-state index contributed by atoms with van der Waals surface area (Å²) in [6.07, 6.45) is -3.94. The number of alkyl halides is 3. The molecule has 0 saturated carbocycles. The average Bonchev–Trinajstić information content (AvgIpc) is 2.16. The summed E-state index contributed by atoms with van der Waals surface area (Å²) in [7, 11) is 0. The lowest BCUT2D eigenvalue weighted by molar-refractivity contribution is -0.137. The highest BCUT2D eigenvalue weighted by Crippen LogP contribution is 2.33. The lowest BCUT2D eigenvalue weighted by Crippen LogP contribution is -2.17. The largest absolute Gasteiger partial charge is 0.416 e. The van der Waals surface area contributed by atoms with Gasteiger partial charge in [-0.05, 0) is 24.6 Å². The molecule has 0 heterocycles. The Bertz CT molecular complexity index is 392. The van der Waals surface area contributed by atoms with E-state index in [1.165, 1.54) is 6.07 Å². The van der Waals surface area contributed by atoms with Gasteiger partial charge < -0.3 is 5.32 Å². The monoisotopic (exact) mass is 251 g/mol. The van der Waals surface area contributed by atoms with Crippen LogP contribution in [0.3, 0.4) is 0 Å². The number of carbonyl (C=O) groups is 1. The van der Waals surface area contributed by atoms with Crippen molar-refractivity contribution in [2.24, 2.45) is 0 Å². The van der Waals surface area contributed by atoms with Crippen LogP contribution in [0.25, 0.3) is 0 Å². The molecule has 0 aliphatic rings. The van der Waals surface area contributed by atoms with Crippen LogP contribution in [0.2, 0.25) is 5.02 Å². The highest BCUT2D eigenvalue weighted by molar-refractivity contribution is 6.31. The zero-order valence-electron chi connectivity index (χ0n) is 8.31. The number of hydrogen-bond acceptors (Lipinski definition) is 1. The maximum Gasteiger partial charge on any atom is 0.416 e. The summed E-state index contributed by atoms with van der Waals surface area (Å²) in [5.41, 5.74) is -0.360. The summed E-state index contributed by atoms with van der Waals surface area (Å²) >= 11 is 5.71. The molecule has 0 bridgehead atoms. The molecule has 1 N–H and O–H groups in total. The SMILES string of the molecule is C[C@H](NC=O)c1ccc(C(F)(F)F)cc1Cl. The Morgan fingerprint density at radius 3 is 2.50 bits per heavy atom. The van der Waals surface area contributed by atoms with Crippen molar-refractivity contribution in [2.45, 2.75) is 19.1 Å². The van der Waals surface area contributed by atoms with Crippen LogP contribution in [0.1, 0.15) is 24.1 Å². The second kappa shape index (κ2) is 4.74. The van der Waals surface area contributed by atoms with Crippen LogP contribution < -0.4 is 5.32 Å². The standard InChI is InChI=1S/C10H9ClF3NO/c1-6(15-5-16)8-3-2-7(4-9(8)11)10(12,13)14/h2-6H,1H3,(H,15,16)/t6-/m0/s1. The third kappa shape index (κ3) is 2.88. The van der Waals surface area contributed by atoms with E-state index in [2.05, 4.69) is 5.32 Å². The van der Waals surface area contributed by atoms with E-state index in [1.54, 1.807) is 6.92 Å². The van der Waals surface area contributed by atoms with Crippen molar-refractivity contribution >= 4 is 18.0 Å². The maximum absolute atomic E-state index is 12.3. The van der Waals surface area contributed by atoms with Gasteiger partial charge in [0.15, 0.2) is 0 Å². The molecular formula is C10H9ClF3NO. The van der Waals surface area contributed by atoms with Crippen LogP contribution in [-0.2, 0) is 11.0 Å². The second-order valence-corrected chi connectivity index (χ2v) is 3.65. The van der Waals surface area contributed by atoms with Crippen molar-refractivity contribution in [3.8, 4) is 0 Å². The molecule has 0 spiro atoms. The van der Waals surface area contributed by atoms with Crippen molar-refractivity contribution in [2.75, 3.05) is 0 Å². The van der Waals surface area contributed by atoms with Crippen LogP contribution >= 0.6 is 11.6 Å². The first-order chi connectivity index (χ1) is 7.36. The minimum Gasteiger partial charge on any atom is -0.352 e. The summed E-state index contributed by atoms with van der Waals surface area (Å²) in [4.78, 5) is 10.2. The fourth-order valence-electron chi connectivity index (χ4n) is 1.25. The Hall–Kier alpha value is -1.23. The average molecular weight is 252 g/mol. The Morgan fingerprint density at radius 1 is 1.44 bits per heavy atom. The summed E-state index contributed by atoms with van der Waals surface area (Å²) < 4.78 is 37.0. The minimum absolute atomic E-state index is 0.0170. The van der Waals surface area contributed by atoms with E-state index < -0.39 is 17.8 Å². The van der Waals surface area contributed by atoms with Crippen molar-refractivity contribution in [1.82, 2.24) is 5.32 Å². The molecule has 0 unspecified atom stereocenters. The first kappa shape index (κ1) is 12.8. The number of hydrogen-bond donors (Lipinski definition) is 1. The quantitative estimate of drug-likeness (QED) is 0.822. The molecular weight excluding hydrogens is 243 g/mol. The topological polar surface area (TPSA) is 29.1 Å². The van der Waals surface area contributed by atoms with E-state index >= 15 is 0 Å². The molecule has 1 aromatic rings. The van der Waals surface area contributed by atoms with E-state index in [4.69, 9.17) is 11.6 Å². The van der Waals surface area contributed by atoms with E-state index in [0.29, 0.717) is 12.0 Å². The zero-order valence-corrected chi connectivity index (χ0v) is 9.06. The molecule has 16 heavy (non-hydrogen) atoms. The summed E-state index contributed by atoms with van der Waals surface area (Å²) in [6.45, 7) is 1.63. The van der Waals surface area contributed by atoms with Crippen LogP contribution in [0, 0.1) is 0 Å². The van der Waals surface area contributed by atoms with E-state index in [-0.39, 0.29) is 5.02 Å². The van der Waals surface area contributed by atoms with Gasteiger partial charge in [-0.25, -0.2) is 0 Å². The predicted molar refractivity (Wildman–Crippen MR) is 54.1 cm³/mol. The number of rotatable bonds is 3. The fourth-order valence-corrected chi connectivity index (χ4v) is 1.59. The first-order valence-electron chi connectivity index (χ1n) is 4.42. The van der Waals surface area contributed by atoms with Crippen LogP contribution in [0.4, 0.5) is 13.2 Å². The molecule has 2 nitrogen and oxygen atoms in total. The molecule has 1 aromatic carbocycles. The third-order valence-corrected chi connectivity index (χ3v) is 2.44. The summed E-state index contributed by atoms with van der Waals surface area (Å²) in [6, 6.07) is 2.61. The Labute approximate surface area is 95.4 Å². The van der Waals surface area contributed by atoms with Gasteiger partial charge in [0, 0.05) is 5.02 Å². The molecule has 0 aromatic heterocycles. The van der Waals surface area contributed by atoms with Gasteiger partial charge in [-0.2, -0.15) is 13.2 Å². The van der Waals surface area contributed by atoms with Gasteiger partial charge in [0.05, 0.1) is 11.6 Å². The lowest BCUT2D eigenvalue weighted by Gasteiger charge is -2.14. The number of nitrogens with one attached hydrogen (secondary N) is 1. The van der Waals surface area contributed by atoms with Crippen LogP contribution in [0.5, 0.6) is 0 Å². The molecule has 88 valence electrons. The van der Waals surface area contributed by atoms with Crippen molar-refractivity contribution in [1.29, 1.82) is 0 Å². The van der Waals surface area contributed by atoms with Gasteiger partial charge in [-0.1, -0.05) is 17.7 Å². The van der Waals surface area contributed by atoms with E-state index in [0.717, 1.165) is 12.1 Å². The van der Waals surface area contributed by atoms with E-state index in [1.807, 2.05) is 0 Å². The van der Waals surface area contributed by atoms with Gasteiger partial charge in [0.25, 0.3) is 0 Å². The van der Waals surface area contributed by atoms with E-state index in [9.17, 15) is 18.0 Å². The third-order valence-electron chi connectivity index (χ3n) is 2.11. The Morgan fingerprint density at radius 2 is 2.06 bits per heavy atom. The molecule has 0 fully saturated rings. The Balaban J connectivity index is 3.05. The number of carbonyl (C=O) groups excluding carboxylic acids is 1.